The molecule has 2 unspecified atom stereocenters. The predicted molar refractivity (Wildman–Crippen MR) is 85.1 cm³/mol. The summed E-state index contributed by atoms with van der Waals surface area (Å²) in [5.74, 6) is 1.54. The molecule has 1 saturated carbocycles. The summed E-state index contributed by atoms with van der Waals surface area (Å²) in [6.45, 7) is 10.5. The van der Waals surface area contributed by atoms with Gasteiger partial charge in [-0.2, -0.15) is 5.10 Å². The molecule has 0 spiro atoms. The van der Waals surface area contributed by atoms with E-state index < -0.39 is 0 Å². The highest BCUT2D eigenvalue weighted by Crippen LogP contribution is 2.30. The first-order valence-electron chi connectivity index (χ1n) is 7.99. The van der Waals surface area contributed by atoms with E-state index in [4.69, 9.17) is 11.6 Å². The number of aryl methyl sites for hydroxylation is 2. The van der Waals surface area contributed by atoms with E-state index in [0.29, 0.717) is 6.04 Å². The lowest BCUT2D eigenvalue weighted by atomic mass is 9.78. The third-order valence-corrected chi connectivity index (χ3v) is 5.15. The maximum Gasteiger partial charge on any atom is 0.0860 e. The van der Waals surface area contributed by atoms with Gasteiger partial charge in [-0.25, -0.2) is 0 Å². The molecule has 2 atom stereocenters. The molecule has 1 aliphatic carbocycles. The molecule has 0 aliphatic heterocycles. The second-order valence-corrected chi connectivity index (χ2v) is 6.72. The summed E-state index contributed by atoms with van der Waals surface area (Å²) in [5, 5.41) is 9.07. The Hall–Kier alpha value is -0.540. The molecule has 114 valence electrons. The summed E-state index contributed by atoms with van der Waals surface area (Å²) in [6.07, 6.45) is 5.38. The van der Waals surface area contributed by atoms with E-state index in [-0.39, 0.29) is 0 Å². The van der Waals surface area contributed by atoms with Crippen LogP contribution in [0.25, 0.3) is 0 Å². The first kappa shape index (κ1) is 15.8. The van der Waals surface area contributed by atoms with Gasteiger partial charge in [0.05, 0.1) is 16.4 Å². The molecule has 1 heterocycles. The van der Waals surface area contributed by atoms with E-state index >= 15 is 0 Å². The smallest absolute Gasteiger partial charge is 0.0860 e. The highest BCUT2D eigenvalue weighted by molar-refractivity contribution is 6.31. The van der Waals surface area contributed by atoms with Crippen LogP contribution in [0.5, 0.6) is 0 Å². The van der Waals surface area contributed by atoms with E-state index in [1.165, 1.54) is 25.7 Å². The Morgan fingerprint density at radius 2 is 2.05 bits per heavy atom. The van der Waals surface area contributed by atoms with E-state index in [1.807, 2.05) is 11.6 Å². The van der Waals surface area contributed by atoms with Crippen molar-refractivity contribution in [1.82, 2.24) is 15.1 Å². The summed E-state index contributed by atoms with van der Waals surface area (Å²) in [6, 6.07) is 0.625. The molecule has 2 rings (SSSR count). The Bertz CT molecular complexity index is 439. The second kappa shape index (κ2) is 6.95. The van der Waals surface area contributed by atoms with Crippen molar-refractivity contribution in [3.05, 3.63) is 16.4 Å². The van der Waals surface area contributed by atoms with Crippen LogP contribution in [0, 0.1) is 18.8 Å². The van der Waals surface area contributed by atoms with Crippen molar-refractivity contribution < 1.29 is 0 Å². The van der Waals surface area contributed by atoms with Crippen molar-refractivity contribution in [2.24, 2.45) is 11.8 Å². The molecule has 0 aromatic carbocycles. The molecule has 1 aromatic heterocycles. The molecule has 0 amide bonds. The highest BCUT2D eigenvalue weighted by atomic mass is 35.5. The number of hydrogen-bond donors (Lipinski definition) is 1. The summed E-state index contributed by atoms with van der Waals surface area (Å²) in [5.41, 5.74) is 2.08. The molecule has 1 aromatic rings. The fraction of sp³-hybridized carbons (Fsp3) is 0.812. The van der Waals surface area contributed by atoms with Crippen molar-refractivity contribution in [1.29, 1.82) is 0 Å². The molecular weight excluding hydrogens is 270 g/mol. The van der Waals surface area contributed by atoms with Gasteiger partial charge in [0.25, 0.3) is 0 Å². The fourth-order valence-corrected chi connectivity index (χ4v) is 3.68. The maximum atomic E-state index is 6.39. The zero-order chi connectivity index (χ0) is 14.7. The minimum Gasteiger partial charge on any atom is -0.308 e. The lowest BCUT2D eigenvalue weighted by Gasteiger charge is -2.35. The number of hydrogen-bond acceptors (Lipinski definition) is 2. The zero-order valence-corrected chi connectivity index (χ0v) is 14.0. The summed E-state index contributed by atoms with van der Waals surface area (Å²) in [7, 11) is 0. The van der Waals surface area contributed by atoms with Crippen molar-refractivity contribution >= 4 is 11.6 Å². The number of nitrogens with one attached hydrogen (secondary N) is 1. The van der Waals surface area contributed by atoms with Gasteiger partial charge in [0.2, 0.25) is 0 Å². The monoisotopic (exact) mass is 297 g/mol. The summed E-state index contributed by atoms with van der Waals surface area (Å²) >= 11 is 6.39. The molecule has 1 fully saturated rings. The standard InChI is InChI=1S/C16H28ClN3/c1-5-20-15(16(17)12(4)19-20)10-18-14-9-7-6-8-13(14)11(2)3/h11,13-14,18H,5-10H2,1-4H3. The van der Waals surface area contributed by atoms with E-state index in [2.05, 4.69) is 31.2 Å². The average molecular weight is 298 g/mol. The molecule has 4 heteroatoms. The van der Waals surface area contributed by atoms with Gasteiger partial charge >= 0.3 is 0 Å². The molecule has 3 nitrogen and oxygen atoms in total. The predicted octanol–water partition coefficient (Wildman–Crippen LogP) is 4.17. The van der Waals surface area contributed by atoms with Crippen LogP contribution in [-0.4, -0.2) is 15.8 Å². The van der Waals surface area contributed by atoms with Crippen molar-refractivity contribution in [3.63, 3.8) is 0 Å². The third kappa shape index (κ3) is 3.37. The largest absolute Gasteiger partial charge is 0.308 e. The lowest BCUT2D eigenvalue weighted by Crippen LogP contribution is -2.40. The minimum absolute atomic E-state index is 0.625. The van der Waals surface area contributed by atoms with Gasteiger partial charge in [-0.05, 0) is 38.5 Å². The Morgan fingerprint density at radius 3 is 2.70 bits per heavy atom. The summed E-state index contributed by atoms with van der Waals surface area (Å²) in [4.78, 5) is 0. The quantitative estimate of drug-likeness (QED) is 0.884. The van der Waals surface area contributed by atoms with Crippen LogP contribution in [-0.2, 0) is 13.1 Å². The van der Waals surface area contributed by atoms with Gasteiger partial charge in [-0.15, -0.1) is 0 Å². The van der Waals surface area contributed by atoms with Gasteiger partial charge in [0, 0.05) is 19.1 Å². The Morgan fingerprint density at radius 1 is 1.35 bits per heavy atom. The van der Waals surface area contributed by atoms with Gasteiger partial charge < -0.3 is 5.32 Å². The number of aromatic nitrogens is 2. The first-order chi connectivity index (χ1) is 9.54. The average Bonchev–Trinajstić information content (AvgIpc) is 2.72. The van der Waals surface area contributed by atoms with Crippen LogP contribution in [0.3, 0.4) is 0 Å². The van der Waals surface area contributed by atoms with E-state index in [9.17, 15) is 0 Å². The van der Waals surface area contributed by atoms with Crippen molar-refractivity contribution in [2.45, 2.75) is 72.5 Å². The van der Waals surface area contributed by atoms with Crippen molar-refractivity contribution in [2.75, 3.05) is 0 Å². The Kier molecular flexibility index (Phi) is 5.50. The van der Waals surface area contributed by atoms with Crippen LogP contribution in [0.15, 0.2) is 0 Å². The molecule has 20 heavy (non-hydrogen) atoms. The topological polar surface area (TPSA) is 29.9 Å². The molecule has 0 saturated heterocycles. The third-order valence-electron chi connectivity index (χ3n) is 4.66. The van der Waals surface area contributed by atoms with Crippen LogP contribution >= 0.6 is 11.6 Å². The minimum atomic E-state index is 0.625. The van der Waals surface area contributed by atoms with Gasteiger partial charge in [0.1, 0.15) is 0 Å². The van der Waals surface area contributed by atoms with Gasteiger partial charge in [-0.3, -0.25) is 4.68 Å². The number of nitrogens with zero attached hydrogens (tertiary/aromatic N) is 2. The van der Waals surface area contributed by atoms with Crippen molar-refractivity contribution in [3.8, 4) is 0 Å². The Balaban J connectivity index is 2.04. The molecule has 0 bridgehead atoms. The Labute approximate surface area is 128 Å². The molecule has 1 N–H and O–H groups in total. The normalized spacial score (nSPS) is 23.5. The highest BCUT2D eigenvalue weighted by Gasteiger charge is 2.27. The van der Waals surface area contributed by atoms with Crippen LogP contribution in [0.2, 0.25) is 5.02 Å². The second-order valence-electron chi connectivity index (χ2n) is 6.34. The number of halogens is 1. The van der Waals surface area contributed by atoms with E-state index in [1.54, 1.807) is 0 Å². The van der Waals surface area contributed by atoms with Crippen LogP contribution < -0.4 is 5.32 Å². The first-order valence-corrected chi connectivity index (χ1v) is 8.37. The molecular formula is C16H28ClN3. The van der Waals surface area contributed by atoms with Crippen LogP contribution in [0.4, 0.5) is 0 Å². The molecule has 1 aliphatic rings. The van der Waals surface area contributed by atoms with E-state index in [0.717, 1.165) is 41.3 Å². The molecule has 0 radical (unpaired) electrons. The fourth-order valence-electron chi connectivity index (χ4n) is 3.48. The zero-order valence-electron chi connectivity index (χ0n) is 13.2. The van der Waals surface area contributed by atoms with Gasteiger partial charge in [-0.1, -0.05) is 38.3 Å². The summed E-state index contributed by atoms with van der Waals surface area (Å²) < 4.78 is 2.03. The lowest BCUT2D eigenvalue weighted by molar-refractivity contribution is 0.203. The number of rotatable bonds is 5. The maximum absolute atomic E-state index is 6.39. The van der Waals surface area contributed by atoms with Gasteiger partial charge in [0.15, 0.2) is 0 Å². The SMILES string of the molecule is CCn1nc(C)c(Cl)c1CNC1CCCCC1C(C)C. The van der Waals surface area contributed by atoms with Crippen LogP contribution in [0.1, 0.15) is 57.8 Å².